The van der Waals surface area contributed by atoms with Crippen LogP contribution in [0, 0.1) is 0 Å². The third kappa shape index (κ3) is 1.53. The van der Waals surface area contributed by atoms with Crippen LogP contribution in [0.15, 0.2) is 16.6 Å². The summed E-state index contributed by atoms with van der Waals surface area (Å²) < 4.78 is 11.8. The SMILES string of the molecule is O=C(O)C1(c2ccc3c(c2Br)OCCO3)CCC1. The monoisotopic (exact) mass is 312 g/mol. The lowest BCUT2D eigenvalue weighted by Gasteiger charge is -2.39. The number of ether oxygens (including phenoxy) is 2. The molecular formula is C13H13BrO4. The molecule has 0 saturated heterocycles. The van der Waals surface area contributed by atoms with E-state index in [1.54, 1.807) is 6.07 Å². The van der Waals surface area contributed by atoms with Crippen LogP contribution in [0.25, 0.3) is 0 Å². The number of carboxylic acid groups (broad SMARTS) is 1. The molecule has 1 saturated carbocycles. The summed E-state index contributed by atoms with van der Waals surface area (Å²) in [4.78, 5) is 11.5. The zero-order valence-electron chi connectivity index (χ0n) is 9.74. The molecule has 2 aliphatic rings. The van der Waals surface area contributed by atoms with Crippen molar-refractivity contribution in [3.05, 3.63) is 22.2 Å². The second-order valence-electron chi connectivity index (χ2n) is 4.69. The van der Waals surface area contributed by atoms with Gasteiger partial charge in [-0.3, -0.25) is 4.79 Å². The number of carboxylic acids is 1. The summed E-state index contributed by atoms with van der Waals surface area (Å²) in [6.45, 7) is 1.03. The van der Waals surface area contributed by atoms with E-state index < -0.39 is 11.4 Å². The minimum absolute atomic E-state index is 0.495. The second kappa shape index (κ2) is 4.16. The third-order valence-electron chi connectivity index (χ3n) is 3.78. The standard InChI is InChI=1S/C13H13BrO4/c14-10-8(13(12(15)16)4-1-5-13)2-3-9-11(10)18-7-6-17-9/h2-3H,1,4-7H2,(H,15,16). The fourth-order valence-corrected chi connectivity index (χ4v) is 3.40. The number of halogens is 1. The molecule has 1 aliphatic heterocycles. The third-order valence-corrected chi connectivity index (χ3v) is 4.57. The Morgan fingerprint density at radius 3 is 2.61 bits per heavy atom. The molecule has 1 heterocycles. The average Bonchev–Trinajstić information content (AvgIpc) is 2.30. The van der Waals surface area contributed by atoms with Crippen molar-refractivity contribution in [3.8, 4) is 11.5 Å². The van der Waals surface area contributed by atoms with Crippen LogP contribution in [0.4, 0.5) is 0 Å². The van der Waals surface area contributed by atoms with Gasteiger partial charge in [0.25, 0.3) is 0 Å². The van der Waals surface area contributed by atoms with Crippen LogP contribution < -0.4 is 9.47 Å². The van der Waals surface area contributed by atoms with E-state index in [9.17, 15) is 9.90 Å². The predicted octanol–water partition coefficient (Wildman–Crippen LogP) is 2.73. The first kappa shape index (κ1) is 11.8. The Morgan fingerprint density at radius 1 is 1.28 bits per heavy atom. The van der Waals surface area contributed by atoms with Gasteiger partial charge in [-0.1, -0.05) is 12.5 Å². The van der Waals surface area contributed by atoms with Crippen LogP contribution >= 0.6 is 15.9 Å². The van der Waals surface area contributed by atoms with Crippen molar-refractivity contribution >= 4 is 21.9 Å². The van der Waals surface area contributed by atoms with Gasteiger partial charge >= 0.3 is 5.97 Å². The van der Waals surface area contributed by atoms with Crippen LogP contribution in [0.1, 0.15) is 24.8 Å². The van der Waals surface area contributed by atoms with E-state index in [2.05, 4.69) is 15.9 Å². The number of hydrogen-bond acceptors (Lipinski definition) is 3. The summed E-state index contributed by atoms with van der Waals surface area (Å²) in [5.74, 6) is 0.550. The van der Waals surface area contributed by atoms with E-state index in [0.29, 0.717) is 37.6 Å². The van der Waals surface area contributed by atoms with Gasteiger partial charge in [0.1, 0.15) is 13.2 Å². The van der Waals surface area contributed by atoms with Crippen molar-refractivity contribution in [2.75, 3.05) is 13.2 Å². The zero-order chi connectivity index (χ0) is 12.8. The highest BCUT2D eigenvalue weighted by molar-refractivity contribution is 9.10. The topological polar surface area (TPSA) is 55.8 Å². The number of fused-ring (bicyclic) bond motifs is 1. The van der Waals surface area contributed by atoms with E-state index in [1.165, 1.54) is 0 Å². The molecular weight excluding hydrogens is 300 g/mol. The van der Waals surface area contributed by atoms with E-state index in [4.69, 9.17) is 9.47 Å². The molecule has 3 rings (SSSR count). The van der Waals surface area contributed by atoms with Crippen molar-refractivity contribution < 1.29 is 19.4 Å². The Morgan fingerprint density at radius 2 is 2.00 bits per heavy atom. The van der Waals surface area contributed by atoms with E-state index in [0.717, 1.165) is 16.5 Å². The van der Waals surface area contributed by atoms with Crippen molar-refractivity contribution in [3.63, 3.8) is 0 Å². The average molecular weight is 313 g/mol. The number of aliphatic carboxylic acids is 1. The Balaban J connectivity index is 2.10. The van der Waals surface area contributed by atoms with Gasteiger partial charge in [-0.15, -0.1) is 0 Å². The summed E-state index contributed by atoms with van der Waals surface area (Å²) in [6.07, 6.45) is 2.31. The van der Waals surface area contributed by atoms with Crippen LogP contribution in [0.2, 0.25) is 0 Å². The van der Waals surface area contributed by atoms with E-state index in [1.807, 2.05) is 6.07 Å². The number of hydrogen-bond donors (Lipinski definition) is 1. The highest BCUT2D eigenvalue weighted by Crippen LogP contribution is 2.51. The molecule has 1 N–H and O–H groups in total. The molecule has 0 unspecified atom stereocenters. The number of benzene rings is 1. The Bertz CT molecular complexity index is 508. The summed E-state index contributed by atoms with van der Waals surface area (Å²) >= 11 is 3.48. The first-order valence-corrected chi connectivity index (χ1v) is 6.76. The maximum absolute atomic E-state index is 11.5. The normalized spacial score (nSPS) is 20.1. The molecule has 0 amide bonds. The summed E-state index contributed by atoms with van der Waals surface area (Å²) in [7, 11) is 0. The molecule has 0 aromatic heterocycles. The molecule has 1 aromatic rings. The summed E-state index contributed by atoms with van der Waals surface area (Å²) in [5, 5.41) is 9.47. The molecule has 5 heteroatoms. The lowest BCUT2D eigenvalue weighted by Crippen LogP contribution is -2.42. The van der Waals surface area contributed by atoms with Gasteiger partial charge in [0, 0.05) is 0 Å². The fraction of sp³-hybridized carbons (Fsp3) is 0.462. The Labute approximate surface area is 113 Å². The lowest BCUT2D eigenvalue weighted by molar-refractivity contribution is -0.147. The van der Waals surface area contributed by atoms with Gasteiger partial charge in [0.2, 0.25) is 0 Å². The maximum Gasteiger partial charge on any atom is 0.314 e. The maximum atomic E-state index is 11.5. The minimum Gasteiger partial charge on any atom is -0.486 e. The van der Waals surface area contributed by atoms with Gasteiger partial charge in [0.05, 0.1) is 9.89 Å². The second-order valence-corrected chi connectivity index (χ2v) is 5.49. The smallest absolute Gasteiger partial charge is 0.314 e. The Hall–Kier alpha value is -1.23. The largest absolute Gasteiger partial charge is 0.486 e. The molecule has 1 aliphatic carbocycles. The van der Waals surface area contributed by atoms with E-state index in [-0.39, 0.29) is 0 Å². The van der Waals surface area contributed by atoms with Crippen molar-refractivity contribution in [1.82, 2.24) is 0 Å². The van der Waals surface area contributed by atoms with Crippen molar-refractivity contribution in [2.45, 2.75) is 24.7 Å². The first-order valence-electron chi connectivity index (χ1n) is 5.97. The van der Waals surface area contributed by atoms with Gasteiger partial charge in [-0.2, -0.15) is 0 Å². The van der Waals surface area contributed by atoms with Crippen molar-refractivity contribution in [1.29, 1.82) is 0 Å². The number of rotatable bonds is 2. The van der Waals surface area contributed by atoms with Crippen molar-refractivity contribution in [2.24, 2.45) is 0 Å². The van der Waals surface area contributed by atoms with Crippen LogP contribution in [-0.2, 0) is 10.2 Å². The zero-order valence-corrected chi connectivity index (χ0v) is 11.3. The highest BCUT2D eigenvalue weighted by atomic mass is 79.9. The molecule has 4 nitrogen and oxygen atoms in total. The van der Waals surface area contributed by atoms with Crippen LogP contribution in [0.3, 0.4) is 0 Å². The predicted molar refractivity (Wildman–Crippen MR) is 68.3 cm³/mol. The molecule has 1 fully saturated rings. The van der Waals surface area contributed by atoms with E-state index >= 15 is 0 Å². The Kier molecular flexibility index (Phi) is 2.73. The molecule has 18 heavy (non-hydrogen) atoms. The summed E-state index contributed by atoms with van der Waals surface area (Å²) in [6, 6.07) is 3.64. The quantitative estimate of drug-likeness (QED) is 0.912. The lowest BCUT2D eigenvalue weighted by atomic mass is 9.64. The number of carbonyl (C=O) groups is 1. The van der Waals surface area contributed by atoms with Gasteiger partial charge in [-0.25, -0.2) is 0 Å². The van der Waals surface area contributed by atoms with Gasteiger partial charge in [-0.05, 0) is 40.4 Å². The molecule has 1 aromatic carbocycles. The van der Waals surface area contributed by atoms with Gasteiger partial charge < -0.3 is 14.6 Å². The summed E-state index contributed by atoms with van der Waals surface area (Å²) in [5.41, 5.74) is 0.0415. The van der Waals surface area contributed by atoms with Crippen LogP contribution in [0.5, 0.6) is 11.5 Å². The molecule has 0 radical (unpaired) electrons. The molecule has 0 spiro atoms. The van der Waals surface area contributed by atoms with Gasteiger partial charge in [0.15, 0.2) is 11.5 Å². The molecule has 0 bridgehead atoms. The molecule has 96 valence electrons. The first-order chi connectivity index (χ1) is 8.65. The fourth-order valence-electron chi connectivity index (χ4n) is 2.58. The minimum atomic E-state index is -0.758. The highest BCUT2D eigenvalue weighted by Gasteiger charge is 2.47. The molecule has 0 atom stereocenters. The van der Waals surface area contributed by atoms with Crippen LogP contribution in [-0.4, -0.2) is 24.3 Å².